The lowest BCUT2D eigenvalue weighted by Gasteiger charge is -2.07. The molecule has 140 valence electrons. The van der Waals surface area contributed by atoms with Gasteiger partial charge in [0.2, 0.25) is 0 Å². The molecule has 0 aliphatic rings. The smallest absolute Gasteiger partial charge is 0.251 e. The van der Waals surface area contributed by atoms with Gasteiger partial charge in [-0.1, -0.05) is 66.2 Å². The highest BCUT2D eigenvalue weighted by Crippen LogP contribution is 2.37. The summed E-state index contributed by atoms with van der Waals surface area (Å²) < 4.78 is 0. The van der Waals surface area contributed by atoms with Gasteiger partial charge in [0.25, 0.3) is 5.91 Å². The topological polar surface area (TPSA) is 44.9 Å². The van der Waals surface area contributed by atoms with Gasteiger partial charge in [0.05, 0.1) is 5.69 Å². The van der Waals surface area contributed by atoms with Crippen LogP contribution in [0.15, 0.2) is 83.8 Å². The lowest BCUT2D eigenvalue weighted by molar-refractivity contribution is 0.0956. The first-order valence-electron chi connectivity index (χ1n) is 9.36. The van der Waals surface area contributed by atoms with Crippen molar-refractivity contribution in [3.8, 4) is 11.3 Å². The van der Waals surface area contributed by atoms with E-state index in [1.807, 2.05) is 43.3 Å². The molecule has 0 saturated carbocycles. The predicted octanol–water partition coefficient (Wildman–Crippen LogP) is 5.67. The molecule has 1 aromatic heterocycles. The molecule has 4 aromatic rings. The van der Waals surface area contributed by atoms with Gasteiger partial charge in [0, 0.05) is 33.7 Å². The zero-order chi connectivity index (χ0) is 19.3. The Morgan fingerprint density at radius 3 is 2.43 bits per heavy atom. The molecule has 1 heterocycles. The van der Waals surface area contributed by atoms with Crippen molar-refractivity contribution in [2.75, 3.05) is 12.3 Å². The first-order valence-corrected chi connectivity index (χ1v) is 10.3. The van der Waals surface area contributed by atoms with Crippen LogP contribution in [0.5, 0.6) is 0 Å². The van der Waals surface area contributed by atoms with Gasteiger partial charge in [-0.25, -0.2) is 0 Å². The molecule has 0 spiro atoms. The van der Waals surface area contributed by atoms with Crippen LogP contribution in [0.4, 0.5) is 0 Å². The number of H-pyrrole nitrogens is 1. The molecule has 4 heteroatoms. The molecule has 0 fully saturated rings. The lowest BCUT2D eigenvalue weighted by Crippen LogP contribution is -2.25. The zero-order valence-corrected chi connectivity index (χ0v) is 16.6. The number of aryl methyl sites for hydroxylation is 1. The number of rotatable bonds is 6. The summed E-state index contributed by atoms with van der Waals surface area (Å²) in [5.74, 6) is 0.780. The number of para-hydroxylation sites is 1. The number of aromatic amines is 1. The monoisotopic (exact) mass is 386 g/mol. The normalized spacial score (nSPS) is 10.9. The van der Waals surface area contributed by atoms with Crippen LogP contribution >= 0.6 is 11.8 Å². The number of nitrogens with one attached hydrogen (secondary N) is 2. The van der Waals surface area contributed by atoms with Crippen molar-refractivity contribution >= 4 is 28.6 Å². The molecule has 4 rings (SSSR count). The van der Waals surface area contributed by atoms with Crippen LogP contribution in [0.2, 0.25) is 0 Å². The molecule has 1 amide bonds. The number of amides is 1. The van der Waals surface area contributed by atoms with Crippen molar-refractivity contribution < 1.29 is 4.79 Å². The molecule has 2 N–H and O–H groups in total. The summed E-state index contributed by atoms with van der Waals surface area (Å²) in [5, 5.41) is 4.24. The molecule has 0 unspecified atom stereocenters. The van der Waals surface area contributed by atoms with Crippen molar-refractivity contribution in [1.29, 1.82) is 0 Å². The summed E-state index contributed by atoms with van der Waals surface area (Å²) >= 11 is 1.77. The average Bonchev–Trinajstić information content (AvgIpc) is 3.11. The lowest BCUT2D eigenvalue weighted by atomic mass is 10.1. The fourth-order valence-corrected chi connectivity index (χ4v) is 4.25. The van der Waals surface area contributed by atoms with Gasteiger partial charge in [-0.2, -0.15) is 0 Å². The predicted molar refractivity (Wildman–Crippen MR) is 118 cm³/mol. The minimum atomic E-state index is -0.0252. The maximum absolute atomic E-state index is 12.3. The molecule has 3 aromatic carbocycles. The van der Waals surface area contributed by atoms with Gasteiger partial charge < -0.3 is 10.3 Å². The molecule has 3 nitrogen and oxygen atoms in total. The van der Waals surface area contributed by atoms with E-state index in [4.69, 9.17) is 0 Å². The summed E-state index contributed by atoms with van der Waals surface area (Å²) in [6.07, 6.45) is 0. The van der Waals surface area contributed by atoms with Crippen LogP contribution in [-0.2, 0) is 0 Å². The number of benzene rings is 3. The molecule has 28 heavy (non-hydrogen) atoms. The van der Waals surface area contributed by atoms with Gasteiger partial charge in [0.1, 0.15) is 0 Å². The van der Waals surface area contributed by atoms with E-state index in [-0.39, 0.29) is 5.91 Å². The summed E-state index contributed by atoms with van der Waals surface area (Å²) in [4.78, 5) is 17.1. The molecular formula is C24H22N2OS. The maximum atomic E-state index is 12.3. The van der Waals surface area contributed by atoms with Crippen LogP contribution in [0.1, 0.15) is 15.9 Å². The summed E-state index contributed by atoms with van der Waals surface area (Å²) in [5.41, 5.74) is 5.29. The minimum Gasteiger partial charge on any atom is -0.354 e. The Morgan fingerprint density at radius 2 is 1.64 bits per heavy atom. The Bertz CT molecular complexity index is 1080. The van der Waals surface area contributed by atoms with Gasteiger partial charge in [-0.05, 0) is 30.7 Å². The maximum Gasteiger partial charge on any atom is 0.251 e. The first kappa shape index (κ1) is 18.4. The third-order valence-electron chi connectivity index (χ3n) is 4.67. The highest BCUT2D eigenvalue weighted by molar-refractivity contribution is 7.99. The van der Waals surface area contributed by atoms with Crippen molar-refractivity contribution in [2.24, 2.45) is 0 Å². The second-order valence-corrected chi connectivity index (χ2v) is 7.82. The Hall–Kier alpha value is -2.98. The largest absolute Gasteiger partial charge is 0.354 e. The summed E-state index contributed by atoms with van der Waals surface area (Å²) in [6, 6.07) is 26.4. The quantitative estimate of drug-likeness (QED) is 0.331. The number of carbonyl (C=O) groups excluding carboxylic acids is 1. The third-order valence-corrected chi connectivity index (χ3v) is 5.79. The average molecular weight is 387 g/mol. The number of aromatic nitrogens is 1. The number of hydrogen-bond donors (Lipinski definition) is 2. The van der Waals surface area contributed by atoms with Crippen LogP contribution in [0.25, 0.3) is 22.2 Å². The molecular weight excluding hydrogens is 364 g/mol. The van der Waals surface area contributed by atoms with Crippen molar-refractivity contribution in [3.05, 3.63) is 90.0 Å². The fourth-order valence-electron chi connectivity index (χ4n) is 3.20. The Labute approximate surface area is 169 Å². The Balaban J connectivity index is 1.47. The van der Waals surface area contributed by atoms with Gasteiger partial charge >= 0.3 is 0 Å². The zero-order valence-electron chi connectivity index (χ0n) is 15.7. The van der Waals surface area contributed by atoms with Crippen LogP contribution in [0.3, 0.4) is 0 Å². The molecule has 0 saturated heterocycles. The van der Waals surface area contributed by atoms with Crippen LogP contribution in [0, 0.1) is 6.92 Å². The van der Waals surface area contributed by atoms with Crippen molar-refractivity contribution in [1.82, 2.24) is 10.3 Å². The molecule has 0 aliphatic carbocycles. The number of carbonyl (C=O) groups is 1. The van der Waals surface area contributed by atoms with Crippen LogP contribution in [-0.4, -0.2) is 23.2 Å². The van der Waals surface area contributed by atoms with E-state index in [1.165, 1.54) is 15.8 Å². The number of thioether (sulfide) groups is 1. The second kappa shape index (κ2) is 8.36. The van der Waals surface area contributed by atoms with Crippen LogP contribution < -0.4 is 5.32 Å². The molecule has 0 bridgehead atoms. The summed E-state index contributed by atoms with van der Waals surface area (Å²) in [6.45, 7) is 2.63. The molecule has 0 radical (unpaired) electrons. The Kier molecular flexibility index (Phi) is 5.49. The van der Waals surface area contributed by atoms with Crippen molar-refractivity contribution in [2.45, 2.75) is 11.8 Å². The van der Waals surface area contributed by atoms with E-state index in [9.17, 15) is 4.79 Å². The second-order valence-electron chi connectivity index (χ2n) is 6.71. The van der Waals surface area contributed by atoms with Gasteiger partial charge in [0.15, 0.2) is 0 Å². The Morgan fingerprint density at radius 1 is 0.929 bits per heavy atom. The van der Waals surface area contributed by atoms with Gasteiger partial charge in [-0.15, -0.1) is 11.8 Å². The highest BCUT2D eigenvalue weighted by atomic mass is 32.2. The molecule has 0 aliphatic heterocycles. The number of fused-ring (bicyclic) bond motifs is 1. The van der Waals surface area contributed by atoms with E-state index >= 15 is 0 Å². The highest BCUT2D eigenvalue weighted by Gasteiger charge is 2.13. The summed E-state index contributed by atoms with van der Waals surface area (Å²) in [7, 11) is 0. The first-order chi connectivity index (χ1) is 13.7. The van der Waals surface area contributed by atoms with E-state index in [0.717, 1.165) is 22.5 Å². The molecule has 0 atom stereocenters. The fraction of sp³-hybridized carbons (Fsp3) is 0.125. The van der Waals surface area contributed by atoms with Crippen molar-refractivity contribution in [3.63, 3.8) is 0 Å². The minimum absolute atomic E-state index is 0.0252. The van der Waals surface area contributed by atoms with Gasteiger partial charge in [-0.3, -0.25) is 4.79 Å². The van der Waals surface area contributed by atoms with E-state index in [0.29, 0.717) is 12.1 Å². The third kappa shape index (κ3) is 3.97. The van der Waals surface area contributed by atoms with E-state index < -0.39 is 0 Å². The number of hydrogen-bond acceptors (Lipinski definition) is 2. The standard InChI is InChI=1S/C24H22N2OS/c1-17-11-13-19(14-12-17)24(27)25-15-16-28-23-20-9-5-6-10-21(20)26-22(23)18-7-3-2-4-8-18/h2-14,26H,15-16H2,1H3,(H,25,27). The van der Waals surface area contributed by atoms with E-state index in [1.54, 1.807) is 11.8 Å². The van der Waals surface area contributed by atoms with E-state index in [2.05, 4.69) is 52.8 Å². The SMILES string of the molecule is Cc1ccc(C(=O)NCCSc2c(-c3ccccc3)[nH]c3ccccc23)cc1.